The van der Waals surface area contributed by atoms with E-state index in [-0.39, 0.29) is 11.2 Å². The first-order chi connectivity index (χ1) is 14.0. The van der Waals surface area contributed by atoms with E-state index in [9.17, 15) is 9.59 Å². The minimum absolute atomic E-state index is 0.280. The molecule has 9 heteroatoms. The van der Waals surface area contributed by atoms with Crippen molar-refractivity contribution in [3.05, 3.63) is 44.1 Å². The van der Waals surface area contributed by atoms with Crippen molar-refractivity contribution in [2.75, 3.05) is 18.6 Å². The second kappa shape index (κ2) is 7.59. The molecule has 0 fully saturated rings. The highest BCUT2D eigenvalue weighted by molar-refractivity contribution is 6.31. The Morgan fingerprint density at radius 3 is 2.72 bits per heavy atom. The van der Waals surface area contributed by atoms with Crippen LogP contribution in [0.5, 0.6) is 5.75 Å². The molecule has 1 aliphatic heterocycles. The molecule has 4 rings (SSSR count). The van der Waals surface area contributed by atoms with E-state index in [1.165, 1.54) is 9.13 Å². The molecule has 0 aliphatic carbocycles. The van der Waals surface area contributed by atoms with Gasteiger partial charge in [0.2, 0.25) is 5.95 Å². The van der Waals surface area contributed by atoms with E-state index in [0.717, 1.165) is 24.9 Å². The summed E-state index contributed by atoms with van der Waals surface area (Å²) in [5.74, 6) is 1.28. The van der Waals surface area contributed by atoms with Gasteiger partial charge in [-0.1, -0.05) is 31.4 Å². The van der Waals surface area contributed by atoms with Crippen LogP contribution in [0.2, 0.25) is 5.02 Å². The number of methoxy groups -OCH3 is 1. The van der Waals surface area contributed by atoms with Crippen molar-refractivity contribution in [3.63, 3.8) is 0 Å². The van der Waals surface area contributed by atoms with E-state index < -0.39 is 0 Å². The predicted octanol–water partition coefficient (Wildman–Crippen LogP) is 2.90. The lowest BCUT2D eigenvalue weighted by Crippen LogP contribution is -2.39. The largest absolute Gasteiger partial charge is 0.495 e. The van der Waals surface area contributed by atoms with E-state index in [1.54, 1.807) is 26.3 Å². The summed E-state index contributed by atoms with van der Waals surface area (Å²) in [6.45, 7) is 3.73. The maximum atomic E-state index is 13.2. The predicted molar refractivity (Wildman–Crippen MR) is 114 cm³/mol. The topological polar surface area (TPSA) is 74.3 Å². The van der Waals surface area contributed by atoms with E-state index in [1.807, 2.05) is 15.5 Å². The zero-order valence-corrected chi connectivity index (χ0v) is 17.6. The third-order valence-electron chi connectivity index (χ3n) is 5.42. The number of hydrogen-bond donors (Lipinski definition) is 0. The average Bonchev–Trinajstić information content (AvgIpc) is 3.28. The number of benzene rings is 1. The molecule has 0 saturated heterocycles. The first-order valence-corrected chi connectivity index (χ1v) is 10.2. The number of ether oxygens (including phenoxy) is 1. The lowest BCUT2D eigenvalue weighted by Gasteiger charge is -2.19. The van der Waals surface area contributed by atoms with Gasteiger partial charge in [-0.2, -0.15) is 4.98 Å². The van der Waals surface area contributed by atoms with Crippen LogP contribution in [-0.4, -0.2) is 32.3 Å². The number of aryl methyl sites for hydroxylation is 1. The number of unbranched alkanes of at least 4 members (excludes halogenated alkanes) is 2. The highest BCUT2D eigenvalue weighted by Crippen LogP contribution is 2.38. The van der Waals surface area contributed by atoms with Crippen LogP contribution in [0.4, 0.5) is 11.6 Å². The molecule has 0 bridgehead atoms. The highest BCUT2D eigenvalue weighted by Gasteiger charge is 2.30. The Kier molecular flexibility index (Phi) is 5.12. The number of anilines is 2. The van der Waals surface area contributed by atoms with Gasteiger partial charge in [-0.05, 0) is 24.6 Å². The lowest BCUT2D eigenvalue weighted by atomic mass is 10.2. The molecule has 0 atom stereocenters. The Morgan fingerprint density at radius 2 is 2.00 bits per heavy atom. The summed E-state index contributed by atoms with van der Waals surface area (Å²) in [6, 6.07) is 5.39. The van der Waals surface area contributed by atoms with Crippen LogP contribution in [0.3, 0.4) is 0 Å². The van der Waals surface area contributed by atoms with Crippen molar-refractivity contribution in [2.45, 2.75) is 39.3 Å². The van der Waals surface area contributed by atoms with Gasteiger partial charge in [0, 0.05) is 31.7 Å². The minimum atomic E-state index is -0.331. The van der Waals surface area contributed by atoms with Gasteiger partial charge in [0.15, 0.2) is 11.2 Å². The summed E-state index contributed by atoms with van der Waals surface area (Å²) >= 11 is 6.20. The number of hydrogen-bond acceptors (Lipinski definition) is 5. The van der Waals surface area contributed by atoms with Gasteiger partial charge < -0.3 is 14.2 Å². The fraction of sp³-hybridized carbons (Fsp3) is 0.450. The number of nitrogens with zero attached hydrogens (tertiary/aromatic N) is 5. The molecule has 0 amide bonds. The second-order valence-corrected chi connectivity index (χ2v) is 7.65. The molecule has 1 aromatic carbocycles. The molecule has 0 spiro atoms. The fourth-order valence-electron chi connectivity index (χ4n) is 3.90. The molecule has 0 saturated carbocycles. The molecule has 1 aliphatic rings. The summed E-state index contributed by atoms with van der Waals surface area (Å²) in [7, 11) is 3.26. The van der Waals surface area contributed by atoms with Crippen molar-refractivity contribution in [1.82, 2.24) is 18.7 Å². The molecular formula is C20H24ClN5O3. The third kappa shape index (κ3) is 3.11. The van der Waals surface area contributed by atoms with Crippen LogP contribution in [0, 0.1) is 0 Å². The molecule has 8 nitrogen and oxygen atoms in total. The van der Waals surface area contributed by atoms with Gasteiger partial charge in [-0.15, -0.1) is 0 Å². The summed E-state index contributed by atoms with van der Waals surface area (Å²) in [4.78, 5) is 32.5. The van der Waals surface area contributed by atoms with E-state index >= 15 is 0 Å². The van der Waals surface area contributed by atoms with Crippen molar-refractivity contribution < 1.29 is 4.74 Å². The average molecular weight is 418 g/mol. The Hall–Kier alpha value is -2.74. The van der Waals surface area contributed by atoms with Crippen molar-refractivity contribution >= 4 is 34.4 Å². The van der Waals surface area contributed by atoms with Gasteiger partial charge in [-0.25, -0.2) is 4.79 Å². The van der Waals surface area contributed by atoms with Gasteiger partial charge in [-0.3, -0.25) is 13.9 Å². The van der Waals surface area contributed by atoms with Crippen LogP contribution in [0.1, 0.15) is 26.2 Å². The van der Waals surface area contributed by atoms with Crippen molar-refractivity contribution in [1.29, 1.82) is 0 Å². The minimum Gasteiger partial charge on any atom is -0.495 e. The molecule has 3 heterocycles. The first-order valence-electron chi connectivity index (χ1n) is 9.79. The smallest absolute Gasteiger partial charge is 0.332 e. The number of aromatic nitrogens is 4. The van der Waals surface area contributed by atoms with Crippen LogP contribution in [-0.2, 0) is 20.1 Å². The quantitative estimate of drug-likeness (QED) is 0.576. The normalized spacial score (nSPS) is 13.3. The summed E-state index contributed by atoms with van der Waals surface area (Å²) < 4.78 is 10.2. The highest BCUT2D eigenvalue weighted by atomic mass is 35.5. The SMILES string of the molecule is CCCCCn1c(=O)c2c(nc3n2CCN3c2cc(Cl)ccc2OC)n(C)c1=O. The molecular weight excluding hydrogens is 394 g/mol. The van der Waals surface area contributed by atoms with Crippen molar-refractivity contribution in [2.24, 2.45) is 7.05 Å². The zero-order chi connectivity index (χ0) is 20.7. The van der Waals surface area contributed by atoms with Crippen LogP contribution in [0.15, 0.2) is 27.8 Å². The summed E-state index contributed by atoms with van der Waals surface area (Å²) in [5.41, 5.74) is 1.02. The zero-order valence-electron chi connectivity index (χ0n) is 16.8. The first kappa shape index (κ1) is 19.6. The van der Waals surface area contributed by atoms with Gasteiger partial charge in [0.05, 0.1) is 12.8 Å². The Labute approximate surface area is 172 Å². The molecule has 0 N–H and O–H groups in total. The standard InChI is InChI=1S/C20H24ClN5O3/c1-4-5-6-9-26-18(27)16-17(23(2)20(26)28)22-19-24(10-11-25(16)19)14-12-13(21)7-8-15(14)29-3/h7-8,12H,4-6,9-11H2,1-3H3. The third-order valence-corrected chi connectivity index (χ3v) is 5.65. The molecule has 3 aromatic rings. The molecule has 2 aromatic heterocycles. The molecule has 29 heavy (non-hydrogen) atoms. The summed E-state index contributed by atoms with van der Waals surface area (Å²) in [5, 5.41) is 0.584. The maximum absolute atomic E-state index is 13.2. The van der Waals surface area contributed by atoms with Crippen LogP contribution >= 0.6 is 11.6 Å². The Bertz CT molecular complexity index is 1190. The van der Waals surface area contributed by atoms with E-state index in [4.69, 9.17) is 16.3 Å². The molecule has 0 radical (unpaired) electrons. The van der Waals surface area contributed by atoms with Crippen LogP contribution < -0.4 is 20.9 Å². The summed E-state index contributed by atoms with van der Waals surface area (Å²) in [6.07, 6.45) is 2.79. The van der Waals surface area contributed by atoms with Gasteiger partial charge in [0.1, 0.15) is 5.75 Å². The Morgan fingerprint density at radius 1 is 1.21 bits per heavy atom. The number of halogens is 1. The monoisotopic (exact) mass is 417 g/mol. The molecule has 0 unspecified atom stereocenters. The lowest BCUT2D eigenvalue weighted by molar-refractivity contribution is 0.415. The second-order valence-electron chi connectivity index (χ2n) is 7.21. The van der Waals surface area contributed by atoms with Gasteiger partial charge in [0.25, 0.3) is 5.56 Å². The molecule has 154 valence electrons. The number of imidazole rings is 1. The van der Waals surface area contributed by atoms with Crippen molar-refractivity contribution in [3.8, 4) is 5.75 Å². The van der Waals surface area contributed by atoms with Gasteiger partial charge >= 0.3 is 5.69 Å². The Balaban J connectivity index is 1.88. The number of rotatable bonds is 6. The van der Waals surface area contributed by atoms with E-state index in [0.29, 0.717) is 47.5 Å². The maximum Gasteiger partial charge on any atom is 0.332 e. The number of fused-ring (bicyclic) bond motifs is 3. The van der Waals surface area contributed by atoms with E-state index in [2.05, 4.69) is 11.9 Å². The fourth-order valence-corrected chi connectivity index (χ4v) is 4.06. The van der Waals surface area contributed by atoms with Crippen LogP contribution in [0.25, 0.3) is 11.2 Å².